The summed E-state index contributed by atoms with van der Waals surface area (Å²) in [5, 5.41) is 7.28. The van der Waals surface area contributed by atoms with Gasteiger partial charge in [-0.15, -0.1) is 0 Å². The number of carbonyl (C=O) groups is 2. The Balaban J connectivity index is 1.66. The van der Waals surface area contributed by atoms with E-state index in [1.807, 2.05) is 49.4 Å². The lowest BCUT2D eigenvalue weighted by Crippen LogP contribution is -2.32. The number of hydrogen-bond acceptors (Lipinski definition) is 5. The number of rotatable bonds is 12. The molecule has 0 fully saturated rings. The van der Waals surface area contributed by atoms with Crippen LogP contribution in [0.2, 0.25) is 5.02 Å². The molecular weight excluding hydrogens is 498 g/mol. The van der Waals surface area contributed by atoms with Crippen LogP contribution in [0.3, 0.4) is 0 Å². The molecule has 0 aliphatic rings. The van der Waals surface area contributed by atoms with E-state index in [0.29, 0.717) is 16.3 Å². The van der Waals surface area contributed by atoms with E-state index in [4.69, 9.17) is 11.6 Å². The maximum atomic E-state index is 13.1. The molecule has 0 radical (unpaired) electrons. The van der Waals surface area contributed by atoms with Crippen LogP contribution in [0, 0.1) is 6.92 Å². The van der Waals surface area contributed by atoms with E-state index in [1.165, 1.54) is 6.07 Å². The molecule has 0 bridgehead atoms. The Hall–Kier alpha value is -3.52. The highest BCUT2D eigenvalue weighted by Gasteiger charge is 2.16. The molecule has 3 aromatic rings. The Bertz CT molecular complexity index is 1260. The number of likely N-dealkylation sites (N-methyl/N-ethyl adjacent to an activating group) is 2. The number of anilines is 1. The van der Waals surface area contributed by atoms with Gasteiger partial charge >= 0.3 is 0 Å². The third kappa shape index (κ3) is 8.80. The quantitative estimate of drug-likeness (QED) is 0.240. The summed E-state index contributed by atoms with van der Waals surface area (Å²) in [6.07, 6.45) is 1.56. The van der Waals surface area contributed by atoms with Gasteiger partial charge < -0.3 is 15.1 Å². The second-order valence-electron chi connectivity index (χ2n) is 9.22. The van der Waals surface area contributed by atoms with Crippen LogP contribution in [0.15, 0.2) is 71.8 Å². The van der Waals surface area contributed by atoms with E-state index in [9.17, 15) is 9.59 Å². The highest BCUT2D eigenvalue weighted by Crippen LogP contribution is 2.22. The minimum Gasteiger partial charge on any atom is -0.321 e. The average molecular weight is 534 g/mol. The lowest BCUT2D eigenvalue weighted by molar-refractivity contribution is 0.0956. The first kappa shape index (κ1) is 29.0. The summed E-state index contributed by atoms with van der Waals surface area (Å²) in [7, 11) is 2.08. The van der Waals surface area contributed by atoms with Gasteiger partial charge in [0.15, 0.2) is 0 Å². The topological polar surface area (TPSA) is 77.0 Å². The predicted molar refractivity (Wildman–Crippen MR) is 156 cm³/mol. The lowest BCUT2D eigenvalue weighted by Gasteiger charge is -2.23. The van der Waals surface area contributed by atoms with Gasteiger partial charge in [0.1, 0.15) is 0 Å². The Morgan fingerprint density at radius 2 is 1.68 bits per heavy atom. The van der Waals surface area contributed by atoms with Crippen molar-refractivity contribution < 1.29 is 9.59 Å². The molecule has 38 heavy (non-hydrogen) atoms. The van der Waals surface area contributed by atoms with Gasteiger partial charge in [-0.3, -0.25) is 9.59 Å². The van der Waals surface area contributed by atoms with Crippen molar-refractivity contribution in [2.24, 2.45) is 5.10 Å². The summed E-state index contributed by atoms with van der Waals surface area (Å²) in [5.74, 6) is -0.785. The minimum absolute atomic E-state index is 0.221. The largest absolute Gasteiger partial charge is 0.321 e. The predicted octanol–water partition coefficient (Wildman–Crippen LogP) is 5.44. The SMILES string of the molecule is CCN(CC)CCN(C)Cc1cccc(C(=O)Nc2ccc(Cl)cc2C(=O)NN=Cc2ccc(C)cc2)c1. The van der Waals surface area contributed by atoms with Gasteiger partial charge in [-0.05, 0) is 68.5 Å². The maximum Gasteiger partial charge on any atom is 0.273 e. The van der Waals surface area contributed by atoms with Crippen LogP contribution < -0.4 is 10.7 Å². The maximum absolute atomic E-state index is 13.1. The molecule has 0 heterocycles. The van der Waals surface area contributed by atoms with E-state index in [1.54, 1.807) is 24.4 Å². The zero-order chi connectivity index (χ0) is 27.5. The van der Waals surface area contributed by atoms with E-state index in [0.717, 1.165) is 49.4 Å². The zero-order valence-corrected chi connectivity index (χ0v) is 23.3. The van der Waals surface area contributed by atoms with Crippen LogP contribution in [0.1, 0.15) is 51.3 Å². The van der Waals surface area contributed by atoms with Crippen molar-refractivity contribution >= 4 is 35.3 Å². The summed E-state index contributed by atoms with van der Waals surface area (Å²) in [4.78, 5) is 30.6. The van der Waals surface area contributed by atoms with Crippen molar-refractivity contribution in [1.29, 1.82) is 0 Å². The Morgan fingerprint density at radius 1 is 0.947 bits per heavy atom. The molecule has 0 aromatic heterocycles. The Labute approximate surface area is 230 Å². The normalized spacial score (nSPS) is 11.3. The first-order valence-electron chi connectivity index (χ1n) is 12.8. The molecule has 0 aliphatic carbocycles. The molecule has 8 heteroatoms. The standard InChI is InChI=1S/C30H36ClN5O2/c1-5-36(6-2)17-16-35(4)21-24-8-7-9-25(18-24)29(37)33-28-15-14-26(31)19-27(28)30(38)34-32-20-23-12-10-22(3)11-13-23/h7-15,18-20H,5-6,16-17,21H2,1-4H3,(H,33,37)(H,34,38). The summed E-state index contributed by atoms with van der Waals surface area (Å²) >= 11 is 6.15. The van der Waals surface area contributed by atoms with Gasteiger partial charge in [0, 0.05) is 30.2 Å². The number of halogens is 1. The lowest BCUT2D eigenvalue weighted by atomic mass is 10.1. The molecule has 0 atom stereocenters. The molecule has 3 aromatic carbocycles. The van der Waals surface area contributed by atoms with Gasteiger partial charge in [0.2, 0.25) is 0 Å². The summed E-state index contributed by atoms with van der Waals surface area (Å²) in [5.41, 5.74) is 6.63. The van der Waals surface area contributed by atoms with Gasteiger partial charge in [-0.2, -0.15) is 5.10 Å². The third-order valence-electron chi connectivity index (χ3n) is 6.27. The Morgan fingerprint density at radius 3 is 2.39 bits per heavy atom. The Kier molecular flexibility index (Phi) is 11.0. The fraction of sp³-hybridized carbons (Fsp3) is 0.300. The molecular formula is C30H36ClN5O2. The van der Waals surface area contributed by atoms with Crippen molar-refractivity contribution in [2.45, 2.75) is 27.3 Å². The number of amides is 2. The van der Waals surface area contributed by atoms with Crippen LogP contribution in [-0.2, 0) is 6.54 Å². The molecule has 0 aliphatic heterocycles. The van der Waals surface area contributed by atoms with Crippen molar-refractivity contribution in [3.8, 4) is 0 Å². The zero-order valence-electron chi connectivity index (χ0n) is 22.5. The number of nitrogens with zero attached hydrogens (tertiary/aromatic N) is 3. The molecule has 2 amide bonds. The molecule has 2 N–H and O–H groups in total. The van der Waals surface area contributed by atoms with Crippen LogP contribution in [0.5, 0.6) is 0 Å². The monoisotopic (exact) mass is 533 g/mol. The van der Waals surface area contributed by atoms with E-state index in [-0.39, 0.29) is 11.5 Å². The van der Waals surface area contributed by atoms with Gasteiger partial charge in [-0.1, -0.05) is 67.4 Å². The van der Waals surface area contributed by atoms with Crippen molar-refractivity contribution in [1.82, 2.24) is 15.2 Å². The van der Waals surface area contributed by atoms with Crippen LogP contribution >= 0.6 is 11.6 Å². The molecule has 7 nitrogen and oxygen atoms in total. The van der Waals surface area contributed by atoms with Crippen molar-refractivity contribution in [3.63, 3.8) is 0 Å². The van der Waals surface area contributed by atoms with Crippen LogP contribution in [-0.4, -0.2) is 61.1 Å². The van der Waals surface area contributed by atoms with E-state index >= 15 is 0 Å². The van der Waals surface area contributed by atoms with Gasteiger partial charge in [0.25, 0.3) is 11.8 Å². The number of nitrogens with one attached hydrogen (secondary N) is 2. The molecule has 0 saturated carbocycles. The van der Waals surface area contributed by atoms with Crippen molar-refractivity contribution in [3.05, 3.63) is 99.6 Å². The summed E-state index contributed by atoms with van der Waals surface area (Å²) < 4.78 is 0. The first-order chi connectivity index (χ1) is 18.3. The highest BCUT2D eigenvalue weighted by atomic mass is 35.5. The molecule has 0 saturated heterocycles. The van der Waals surface area contributed by atoms with Crippen LogP contribution in [0.25, 0.3) is 0 Å². The fourth-order valence-electron chi connectivity index (χ4n) is 3.94. The molecule has 0 spiro atoms. The number of hydrazone groups is 1. The molecule has 200 valence electrons. The molecule has 0 unspecified atom stereocenters. The number of aryl methyl sites for hydroxylation is 1. The third-order valence-corrected chi connectivity index (χ3v) is 6.50. The highest BCUT2D eigenvalue weighted by molar-refractivity contribution is 6.31. The second kappa shape index (κ2) is 14.4. The fourth-order valence-corrected chi connectivity index (χ4v) is 4.11. The van der Waals surface area contributed by atoms with Gasteiger partial charge in [0.05, 0.1) is 17.5 Å². The number of carbonyl (C=O) groups excluding carboxylic acids is 2. The van der Waals surface area contributed by atoms with Crippen LogP contribution in [0.4, 0.5) is 5.69 Å². The number of hydrogen-bond donors (Lipinski definition) is 2. The molecule has 3 rings (SSSR count). The number of benzene rings is 3. The van der Waals surface area contributed by atoms with Gasteiger partial charge in [-0.25, -0.2) is 5.43 Å². The minimum atomic E-state index is -0.477. The van der Waals surface area contributed by atoms with Crippen molar-refractivity contribution in [2.75, 3.05) is 38.5 Å². The first-order valence-corrected chi connectivity index (χ1v) is 13.2. The van der Waals surface area contributed by atoms with E-state index in [2.05, 4.69) is 46.5 Å². The van der Waals surface area contributed by atoms with E-state index < -0.39 is 5.91 Å². The average Bonchev–Trinajstić information content (AvgIpc) is 2.91. The second-order valence-corrected chi connectivity index (χ2v) is 9.66. The summed E-state index contributed by atoms with van der Waals surface area (Å²) in [6, 6.07) is 20.0. The summed E-state index contributed by atoms with van der Waals surface area (Å²) in [6.45, 7) is 11.1. The smallest absolute Gasteiger partial charge is 0.273 e.